The minimum Gasteiger partial charge on any atom is -0.341 e. The van der Waals surface area contributed by atoms with Crippen molar-refractivity contribution in [2.75, 3.05) is 13.1 Å². The van der Waals surface area contributed by atoms with Gasteiger partial charge in [-0.15, -0.1) is 0 Å². The fraction of sp³-hybridized carbons (Fsp3) is 0.857. The molecule has 0 radical (unpaired) electrons. The van der Waals surface area contributed by atoms with Crippen LogP contribution in [0.3, 0.4) is 0 Å². The summed E-state index contributed by atoms with van der Waals surface area (Å²) in [6.07, 6.45) is 5.79. The van der Waals surface area contributed by atoms with Gasteiger partial charge in [-0.25, -0.2) is 0 Å². The summed E-state index contributed by atoms with van der Waals surface area (Å²) < 4.78 is 0. The predicted octanol–water partition coefficient (Wildman–Crippen LogP) is 1.19. The van der Waals surface area contributed by atoms with Crippen LogP contribution in [0.1, 0.15) is 45.4 Å². The van der Waals surface area contributed by atoms with E-state index in [1.807, 2.05) is 11.8 Å². The van der Waals surface area contributed by atoms with Gasteiger partial charge in [-0.1, -0.05) is 0 Å². The molecule has 3 fully saturated rings. The topological polar surface area (TPSA) is 40.6 Å². The summed E-state index contributed by atoms with van der Waals surface area (Å²) >= 11 is 0. The van der Waals surface area contributed by atoms with Gasteiger partial charge in [-0.2, -0.15) is 0 Å². The molecule has 0 aliphatic carbocycles. The van der Waals surface area contributed by atoms with Crippen molar-refractivity contribution in [1.29, 1.82) is 0 Å². The molecule has 0 aromatic heterocycles. The molecule has 4 heteroatoms. The Balaban J connectivity index is 1.70. The summed E-state index contributed by atoms with van der Waals surface area (Å²) in [5.74, 6) is 0.665. The highest BCUT2D eigenvalue weighted by Gasteiger charge is 2.44. The molecular formula is C14H22N2O2. The summed E-state index contributed by atoms with van der Waals surface area (Å²) in [4.78, 5) is 28.4. The van der Waals surface area contributed by atoms with Crippen LogP contribution < -0.4 is 0 Å². The molecule has 0 N–H and O–H groups in total. The number of hydrogen-bond acceptors (Lipinski definition) is 3. The Morgan fingerprint density at radius 1 is 1.17 bits per heavy atom. The first-order chi connectivity index (χ1) is 8.66. The van der Waals surface area contributed by atoms with E-state index in [9.17, 15) is 9.59 Å². The van der Waals surface area contributed by atoms with Crippen molar-refractivity contribution in [3.63, 3.8) is 0 Å². The van der Waals surface area contributed by atoms with Crippen LogP contribution in [0.25, 0.3) is 0 Å². The first kappa shape index (κ1) is 12.2. The lowest BCUT2D eigenvalue weighted by atomic mass is 9.99. The van der Waals surface area contributed by atoms with Gasteiger partial charge in [-0.3, -0.25) is 14.5 Å². The van der Waals surface area contributed by atoms with Crippen LogP contribution in [0, 0.1) is 0 Å². The normalized spacial score (nSPS) is 34.1. The Morgan fingerprint density at radius 2 is 1.72 bits per heavy atom. The van der Waals surface area contributed by atoms with Crippen molar-refractivity contribution in [2.45, 2.75) is 63.6 Å². The average Bonchev–Trinajstić information content (AvgIpc) is 2.95. The molecule has 3 atom stereocenters. The van der Waals surface area contributed by atoms with Gasteiger partial charge in [0.25, 0.3) is 0 Å². The van der Waals surface area contributed by atoms with E-state index in [1.165, 1.54) is 0 Å². The quantitative estimate of drug-likeness (QED) is 0.739. The fourth-order valence-corrected chi connectivity index (χ4v) is 3.97. The number of hydrogen-bond donors (Lipinski definition) is 0. The third kappa shape index (κ3) is 1.96. The lowest BCUT2D eigenvalue weighted by molar-refractivity contribution is -0.139. The van der Waals surface area contributed by atoms with Crippen LogP contribution in [-0.2, 0) is 9.59 Å². The highest BCUT2D eigenvalue weighted by atomic mass is 16.2. The standard InChI is InChI=1S/C14H22N2O2/c1-10(14(18)15-6-2-3-7-15)16-11-4-5-12(16)9-13(17)8-11/h10-12H,2-9H2,1H3. The molecule has 18 heavy (non-hydrogen) atoms. The van der Waals surface area contributed by atoms with Gasteiger partial charge in [-0.05, 0) is 32.6 Å². The summed E-state index contributed by atoms with van der Waals surface area (Å²) in [6, 6.07) is 0.629. The van der Waals surface area contributed by atoms with Gasteiger partial charge in [0.05, 0.1) is 6.04 Å². The molecule has 100 valence electrons. The van der Waals surface area contributed by atoms with E-state index < -0.39 is 0 Å². The first-order valence-electron chi connectivity index (χ1n) is 7.25. The van der Waals surface area contributed by atoms with Crippen LogP contribution in [0.15, 0.2) is 0 Å². The molecule has 0 spiro atoms. The van der Waals surface area contributed by atoms with Crippen LogP contribution in [0.5, 0.6) is 0 Å². The number of likely N-dealkylation sites (tertiary alicyclic amines) is 1. The average molecular weight is 250 g/mol. The molecule has 3 rings (SSSR count). The molecule has 0 aromatic rings. The number of Topliss-reactive ketones (excluding diaryl/α,β-unsaturated/α-hetero) is 1. The molecular weight excluding hydrogens is 228 g/mol. The second kappa shape index (κ2) is 4.65. The Bertz CT molecular complexity index is 347. The molecule has 3 unspecified atom stereocenters. The lowest BCUT2D eigenvalue weighted by Gasteiger charge is -2.39. The maximum Gasteiger partial charge on any atom is 0.239 e. The number of carbonyl (C=O) groups is 2. The first-order valence-corrected chi connectivity index (χ1v) is 7.25. The maximum absolute atomic E-state index is 12.4. The van der Waals surface area contributed by atoms with Crippen LogP contribution in [0.4, 0.5) is 0 Å². The minimum absolute atomic E-state index is 0.0336. The number of fused-ring (bicyclic) bond motifs is 2. The van der Waals surface area contributed by atoms with Crippen LogP contribution in [-0.4, -0.2) is 52.7 Å². The van der Waals surface area contributed by atoms with Gasteiger partial charge in [0.1, 0.15) is 5.78 Å². The van der Waals surface area contributed by atoms with Gasteiger partial charge in [0.15, 0.2) is 0 Å². The number of rotatable bonds is 2. The molecule has 3 saturated heterocycles. The summed E-state index contributed by atoms with van der Waals surface area (Å²) in [6.45, 7) is 3.87. The number of ketones is 1. The molecule has 4 nitrogen and oxygen atoms in total. The van der Waals surface area contributed by atoms with Gasteiger partial charge >= 0.3 is 0 Å². The minimum atomic E-state index is -0.0336. The van der Waals surface area contributed by atoms with E-state index in [-0.39, 0.29) is 11.9 Å². The maximum atomic E-state index is 12.4. The molecule has 1 amide bonds. The number of piperidine rings is 1. The second-order valence-electron chi connectivity index (χ2n) is 5.99. The largest absolute Gasteiger partial charge is 0.341 e. The van der Waals surface area contributed by atoms with Crippen LogP contribution >= 0.6 is 0 Å². The van der Waals surface area contributed by atoms with E-state index in [0.29, 0.717) is 30.7 Å². The van der Waals surface area contributed by atoms with Crippen molar-refractivity contribution in [2.24, 2.45) is 0 Å². The van der Waals surface area contributed by atoms with E-state index in [2.05, 4.69) is 4.90 Å². The zero-order chi connectivity index (χ0) is 12.7. The van der Waals surface area contributed by atoms with Crippen molar-refractivity contribution >= 4 is 11.7 Å². The van der Waals surface area contributed by atoms with Crippen molar-refractivity contribution < 1.29 is 9.59 Å². The number of carbonyl (C=O) groups excluding carboxylic acids is 2. The van der Waals surface area contributed by atoms with Crippen molar-refractivity contribution in [3.8, 4) is 0 Å². The van der Waals surface area contributed by atoms with Gasteiger partial charge in [0, 0.05) is 38.0 Å². The van der Waals surface area contributed by atoms with E-state index in [4.69, 9.17) is 0 Å². The Kier molecular flexibility index (Phi) is 3.14. The second-order valence-corrected chi connectivity index (χ2v) is 5.99. The summed E-state index contributed by atoms with van der Waals surface area (Å²) in [5.41, 5.74) is 0. The smallest absolute Gasteiger partial charge is 0.239 e. The predicted molar refractivity (Wildman–Crippen MR) is 68.2 cm³/mol. The van der Waals surface area contributed by atoms with Crippen LogP contribution in [0.2, 0.25) is 0 Å². The zero-order valence-electron chi connectivity index (χ0n) is 11.1. The molecule has 3 aliphatic heterocycles. The number of nitrogens with zero attached hydrogens (tertiary/aromatic N) is 2. The molecule has 2 bridgehead atoms. The number of amides is 1. The lowest BCUT2D eigenvalue weighted by Crippen LogP contribution is -2.54. The van der Waals surface area contributed by atoms with Gasteiger partial charge in [0.2, 0.25) is 5.91 Å². The Hall–Kier alpha value is -0.900. The summed E-state index contributed by atoms with van der Waals surface area (Å²) in [5, 5.41) is 0. The highest BCUT2D eigenvalue weighted by molar-refractivity contribution is 5.84. The fourth-order valence-electron chi connectivity index (χ4n) is 3.97. The third-order valence-corrected chi connectivity index (χ3v) is 4.83. The zero-order valence-corrected chi connectivity index (χ0v) is 11.1. The van der Waals surface area contributed by atoms with Crippen molar-refractivity contribution in [1.82, 2.24) is 9.80 Å². The molecule has 0 saturated carbocycles. The van der Waals surface area contributed by atoms with Crippen molar-refractivity contribution in [3.05, 3.63) is 0 Å². The monoisotopic (exact) mass is 250 g/mol. The SMILES string of the molecule is CC(C(=O)N1CCCC1)N1C2CCC1CC(=O)C2. The molecule has 3 aliphatic rings. The highest BCUT2D eigenvalue weighted by Crippen LogP contribution is 2.36. The van der Waals surface area contributed by atoms with E-state index >= 15 is 0 Å². The molecule has 0 aromatic carbocycles. The Morgan fingerprint density at radius 3 is 2.28 bits per heavy atom. The van der Waals surface area contributed by atoms with E-state index in [1.54, 1.807) is 0 Å². The van der Waals surface area contributed by atoms with E-state index in [0.717, 1.165) is 38.8 Å². The third-order valence-electron chi connectivity index (χ3n) is 4.83. The Labute approximate surface area is 108 Å². The van der Waals surface area contributed by atoms with Gasteiger partial charge < -0.3 is 4.90 Å². The molecule has 3 heterocycles. The summed E-state index contributed by atoms with van der Waals surface area (Å²) in [7, 11) is 0.